The highest BCUT2D eigenvalue weighted by Crippen LogP contribution is 2.37. The zero-order valence-electron chi connectivity index (χ0n) is 11.7. The first-order chi connectivity index (χ1) is 9.34. The van der Waals surface area contributed by atoms with Gasteiger partial charge in [-0.15, -0.1) is 0 Å². The van der Waals surface area contributed by atoms with Crippen molar-refractivity contribution < 1.29 is 22.7 Å². The summed E-state index contributed by atoms with van der Waals surface area (Å²) < 4.78 is 42.9. The molecule has 0 saturated heterocycles. The van der Waals surface area contributed by atoms with Crippen LogP contribution < -0.4 is 11.1 Å². The predicted molar refractivity (Wildman–Crippen MR) is 69.0 cm³/mol. The summed E-state index contributed by atoms with van der Waals surface area (Å²) >= 11 is 0. The minimum Gasteiger partial charge on any atom is -0.385 e. The average Bonchev–Trinajstić information content (AvgIpc) is 2.38. The number of rotatable bonds is 6. The lowest BCUT2D eigenvalue weighted by Crippen LogP contribution is -2.48. The second-order valence-corrected chi connectivity index (χ2v) is 5.35. The van der Waals surface area contributed by atoms with E-state index in [1.807, 2.05) is 0 Å². The lowest BCUT2D eigenvalue weighted by Gasteiger charge is -2.31. The fourth-order valence-corrected chi connectivity index (χ4v) is 2.51. The number of alkyl halides is 3. The molecule has 118 valence electrons. The first kappa shape index (κ1) is 17.2. The number of ether oxygens (including phenoxy) is 1. The smallest absolute Gasteiger partial charge is 0.385 e. The molecule has 4 nitrogen and oxygen atoms in total. The Hall–Kier alpha value is -0.820. The van der Waals surface area contributed by atoms with Gasteiger partial charge in [0.2, 0.25) is 5.91 Å². The van der Waals surface area contributed by atoms with E-state index in [4.69, 9.17) is 10.5 Å². The van der Waals surface area contributed by atoms with Gasteiger partial charge in [-0.25, -0.2) is 0 Å². The van der Waals surface area contributed by atoms with Gasteiger partial charge < -0.3 is 15.8 Å². The first-order valence-corrected chi connectivity index (χ1v) is 6.96. The molecule has 0 aromatic carbocycles. The van der Waals surface area contributed by atoms with Gasteiger partial charge in [-0.1, -0.05) is 6.42 Å². The van der Waals surface area contributed by atoms with Crippen molar-refractivity contribution in [1.29, 1.82) is 0 Å². The van der Waals surface area contributed by atoms with Crippen LogP contribution in [0, 0.1) is 5.92 Å². The van der Waals surface area contributed by atoms with Crippen LogP contribution in [0.2, 0.25) is 0 Å². The third-order valence-electron chi connectivity index (χ3n) is 3.68. The van der Waals surface area contributed by atoms with Gasteiger partial charge in [-0.2, -0.15) is 13.2 Å². The molecule has 0 bridgehead atoms. The van der Waals surface area contributed by atoms with Gasteiger partial charge >= 0.3 is 6.18 Å². The molecule has 0 aliphatic heterocycles. The number of nitrogens with one attached hydrogen (secondary N) is 1. The zero-order chi connectivity index (χ0) is 15.2. The molecule has 3 unspecified atom stereocenters. The Morgan fingerprint density at radius 2 is 2.15 bits per heavy atom. The molecule has 0 spiro atoms. The van der Waals surface area contributed by atoms with Crippen molar-refractivity contribution in [3.8, 4) is 0 Å². The van der Waals surface area contributed by atoms with Crippen LogP contribution >= 0.6 is 0 Å². The minimum absolute atomic E-state index is 0.0416. The maximum atomic E-state index is 12.7. The summed E-state index contributed by atoms with van der Waals surface area (Å²) in [5.74, 6) is -1.68. The number of carbonyl (C=O) groups is 1. The number of carbonyl (C=O) groups excluding carboxylic acids is 1. The lowest BCUT2D eigenvalue weighted by molar-refractivity contribution is -0.184. The summed E-state index contributed by atoms with van der Waals surface area (Å²) in [6, 6.07) is -1.10. The van der Waals surface area contributed by atoms with Crippen LogP contribution in [0.1, 0.15) is 38.5 Å². The number of nitrogens with two attached hydrogens (primary N) is 1. The van der Waals surface area contributed by atoms with Crippen molar-refractivity contribution in [2.45, 2.75) is 56.8 Å². The summed E-state index contributed by atoms with van der Waals surface area (Å²) in [5.41, 5.74) is 5.71. The highest BCUT2D eigenvalue weighted by atomic mass is 19.4. The molecule has 0 radical (unpaired) electrons. The van der Waals surface area contributed by atoms with E-state index in [9.17, 15) is 18.0 Å². The molecule has 0 aromatic heterocycles. The van der Waals surface area contributed by atoms with Crippen molar-refractivity contribution in [3.63, 3.8) is 0 Å². The monoisotopic (exact) mass is 296 g/mol. The number of hydrogen-bond acceptors (Lipinski definition) is 3. The summed E-state index contributed by atoms with van der Waals surface area (Å²) in [5, 5.41) is 2.64. The van der Waals surface area contributed by atoms with Gasteiger partial charge in [0.25, 0.3) is 0 Å². The Kier molecular flexibility index (Phi) is 6.75. The van der Waals surface area contributed by atoms with Crippen molar-refractivity contribution in [1.82, 2.24) is 5.32 Å². The van der Waals surface area contributed by atoms with Gasteiger partial charge in [-0.05, 0) is 32.1 Å². The molecule has 3 atom stereocenters. The van der Waals surface area contributed by atoms with Crippen LogP contribution in [0.25, 0.3) is 0 Å². The molecular weight excluding hydrogens is 273 g/mol. The summed E-state index contributed by atoms with van der Waals surface area (Å²) in [6.07, 6.45) is -1.88. The van der Waals surface area contributed by atoms with Crippen LogP contribution in [0.5, 0.6) is 0 Å². The molecule has 20 heavy (non-hydrogen) atoms. The van der Waals surface area contributed by atoms with E-state index >= 15 is 0 Å². The Labute approximate surface area is 117 Å². The Bertz CT molecular complexity index is 310. The van der Waals surface area contributed by atoms with Gasteiger partial charge in [0.05, 0.1) is 12.0 Å². The fourth-order valence-electron chi connectivity index (χ4n) is 2.51. The third-order valence-corrected chi connectivity index (χ3v) is 3.68. The van der Waals surface area contributed by atoms with Crippen molar-refractivity contribution >= 4 is 5.91 Å². The average molecular weight is 296 g/mol. The van der Waals surface area contributed by atoms with Crippen LogP contribution in [0.3, 0.4) is 0 Å². The first-order valence-electron chi connectivity index (χ1n) is 6.96. The predicted octanol–water partition coefficient (Wildman–Crippen LogP) is 1.98. The Morgan fingerprint density at radius 1 is 1.45 bits per heavy atom. The van der Waals surface area contributed by atoms with Crippen LogP contribution in [0.15, 0.2) is 0 Å². The summed E-state index contributed by atoms with van der Waals surface area (Å²) in [6.45, 7) is 0.514. The van der Waals surface area contributed by atoms with Crippen molar-refractivity contribution in [2.24, 2.45) is 11.7 Å². The number of halogens is 3. The number of hydrogen-bond donors (Lipinski definition) is 2. The highest BCUT2D eigenvalue weighted by Gasteiger charge is 2.42. The molecule has 0 heterocycles. The molecule has 3 N–H and O–H groups in total. The van der Waals surface area contributed by atoms with E-state index in [1.165, 1.54) is 0 Å². The number of methoxy groups -OCH3 is 1. The lowest BCUT2D eigenvalue weighted by atomic mass is 9.85. The highest BCUT2D eigenvalue weighted by molar-refractivity contribution is 5.81. The van der Waals surface area contributed by atoms with E-state index < -0.39 is 24.2 Å². The van der Waals surface area contributed by atoms with E-state index in [-0.39, 0.29) is 18.7 Å². The minimum atomic E-state index is -4.18. The molecule has 7 heteroatoms. The fraction of sp³-hybridized carbons (Fsp3) is 0.923. The zero-order valence-corrected chi connectivity index (χ0v) is 11.7. The maximum Gasteiger partial charge on any atom is 0.391 e. The van der Waals surface area contributed by atoms with Crippen molar-refractivity contribution in [3.05, 3.63) is 0 Å². The van der Waals surface area contributed by atoms with Gasteiger partial charge in [0.15, 0.2) is 0 Å². The molecule has 1 saturated carbocycles. The van der Waals surface area contributed by atoms with E-state index in [0.717, 1.165) is 0 Å². The molecule has 1 aliphatic carbocycles. The molecule has 1 rings (SSSR count). The van der Waals surface area contributed by atoms with Crippen LogP contribution in [-0.4, -0.2) is 37.9 Å². The Balaban J connectivity index is 2.37. The van der Waals surface area contributed by atoms with Gasteiger partial charge in [0.1, 0.15) is 0 Å². The summed E-state index contributed by atoms with van der Waals surface area (Å²) in [4.78, 5) is 11.8. The Morgan fingerprint density at radius 3 is 2.75 bits per heavy atom. The van der Waals surface area contributed by atoms with Crippen LogP contribution in [0.4, 0.5) is 13.2 Å². The van der Waals surface area contributed by atoms with Crippen LogP contribution in [-0.2, 0) is 9.53 Å². The van der Waals surface area contributed by atoms with E-state index in [1.54, 1.807) is 7.11 Å². The maximum absolute atomic E-state index is 12.7. The number of amides is 1. The normalized spacial score (nSPS) is 25.2. The molecule has 1 aliphatic rings. The van der Waals surface area contributed by atoms with E-state index in [2.05, 4.69) is 5.32 Å². The van der Waals surface area contributed by atoms with Crippen molar-refractivity contribution in [2.75, 3.05) is 13.7 Å². The topological polar surface area (TPSA) is 64.3 Å². The second kappa shape index (κ2) is 7.83. The molecule has 0 aromatic rings. The van der Waals surface area contributed by atoms with Gasteiger partial charge in [0, 0.05) is 19.8 Å². The molecule has 1 amide bonds. The SMILES string of the molecule is COCCCC(N)C(=O)NC1CCCC(C(F)(F)F)C1. The standard InChI is InChI=1S/C13H23F3N2O2/c1-20-7-3-6-11(17)12(19)18-10-5-2-4-9(8-10)13(14,15)16/h9-11H,2-8,17H2,1H3,(H,18,19). The third kappa shape index (κ3) is 5.66. The van der Waals surface area contributed by atoms with Gasteiger partial charge in [-0.3, -0.25) is 4.79 Å². The summed E-state index contributed by atoms with van der Waals surface area (Å²) in [7, 11) is 1.56. The molecular formula is C13H23F3N2O2. The molecule has 1 fully saturated rings. The second-order valence-electron chi connectivity index (χ2n) is 5.35. The quantitative estimate of drug-likeness (QED) is 0.737. The largest absolute Gasteiger partial charge is 0.391 e. The van der Waals surface area contributed by atoms with E-state index in [0.29, 0.717) is 32.3 Å².